The van der Waals surface area contributed by atoms with E-state index in [1.54, 1.807) is 7.05 Å². The molecule has 0 aliphatic carbocycles. The van der Waals surface area contributed by atoms with Crippen molar-refractivity contribution in [3.05, 3.63) is 0 Å². The lowest BCUT2D eigenvalue weighted by molar-refractivity contribution is -0.121. The first-order chi connectivity index (χ1) is 7.53. The Labute approximate surface area is 104 Å². The summed E-state index contributed by atoms with van der Waals surface area (Å²) < 4.78 is 0.316. The molecular formula is C12H26N2OS. The normalized spacial score (nSPS) is 13.6. The molecule has 3 nitrogen and oxygen atoms in total. The first-order valence-electron chi connectivity index (χ1n) is 6.02. The van der Waals surface area contributed by atoms with Crippen LogP contribution < -0.4 is 10.6 Å². The van der Waals surface area contributed by atoms with E-state index < -0.39 is 0 Å². The summed E-state index contributed by atoms with van der Waals surface area (Å²) >= 11 is 1.92. The molecule has 96 valence electrons. The van der Waals surface area contributed by atoms with E-state index in [-0.39, 0.29) is 11.9 Å². The lowest BCUT2D eigenvalue weighted by atomic mass is 10.0. The molecule has 1 unspecified atom stereocenters. The van der Waals surface area contributed by atoms with Gasteiger partial charge in [-0.25, -0.2) is 0 Å². The molecular weight excluding hydrogens is 220 g/mol. The van der Waals surface area contributed by atoms with Gasteiger partial charge in [-0.3, -0.25) is 4.79 Å². The summed E-state index contributed by atoms with van der Waals surface area (Å²) in [4.78, 5) is 11.2. The highest BCUT2D eigenvalue weighted by molar-refractivity contribution is 8.00. The van der Waals surface area contributed by atoms with Crippen LogP contribution in [-0.4, -0.2) is 36.5 Å². The molecule has 0 bridgehead atoms. The van der Waals surface area contributed by atoms with E-state index in [1.165, 1.54) is 0 Å². The molecule has 1 atom stereocenters. The first kappa shape index (κ1) is 15.8. The Bertz CT molecular complexity index is 197. The number of amides is 1. The molecule has 0 fully saturated rings. The lowest BCUT2D eigenvalue weighted by Crippen LogP contribution is -2.42. The van der Waals surface area contributed by atoms with Gasteiger partial charge in [-0.05, 0) is 26.0 Å². The van der Waals surface area contributed by atoms with Gasteiger partial charge in [0.25, 0.3) is 0 Å². The molecule has 4 heteroatoms. The Hall–Kier alpha value is -0.220. The van der Waals surface area contributed by atoms with E-state index in [0.717, 1.165) is 19.4 Å². The van der Waals surface area contributed by atoms with Crippen LogP contribution in [0.3, 0.4) is 0 Å². The van der Waals surface area contributed by atoms with E-state index in [0.29, 0.717) is 11.2 Å². The summed E-state index contributed by atoms with van der Waals surface area (Å²) in [5, 5.41) is 6.11. The Kier molecular flexibility index (Phi) is 7.85. The van der Waals surface area contributed by atoms with Crippen LogP contribution in [0.5, 0.6) is 0 Å². The fourth-order valence-electron chi connectivity index (χ4n) is 1.67. The predicted octanol–water partition coefficient (Wildman–Crippen LogP) is 2.02. The molecule has 0 aromatic heterocycles. The van der Waals surface area contributed by atoms with Crippen LogP contribution >= 0.6 is 11.8 Å². The van der Waals surface area contributed by atoms with Crippen molar-refractivity contribution in [3.8, 4) is 0 Å². The molecule has 0 aliphatic heterocycles. The van der Waals surface area contributed by atoms with Gasteiger partial charge in [0, 0.05) is 30.8 Å². The molecule has 0 saturated carbocycles. The molecule has 2 N–H and O–H groups in total. The molecule has 0 aromatic carbocycles. The maximum atomic E-state index is 11.2. The third-order valence-corrected chi connectivity index (χ3v) is 4.85. The monoisotopic (exact) mass is 246 g/mol. The van der Waals surface area contributed by atoms with Crippen molar-refractivity contribution < 1.29 is 4.79 Å². The maximum absolute atomic E-state index is 11.2. The minimum absolute atomic E-state index is 0.0998. The highest BCUT2D eigenvalue weighted by Gasteiger charge is 2.25. The average molecular weight is 246 g/mol. The second-order valence-corrected chi connectivity index (χ2v) is 5.53. The molecule has 0 rings (SSSR count). The van der Waals surface area contributed by atoms with Gasteiger partial charge in [0.2, 0.25) is 5.91 Å². The molecule has 0 aromatic rings. The highest BCUT2D eigenvalue weighted by atomic mass is 32.2. The van der Waals surface area contributed by atoms with Crippen LogP contribution in [0.2, 0.25) is 0 Å². The predicted molar refractivity (Wildman–Crippen MR) is 73.0 cm³/mol. The summed E-state index contributed by atoms with van der Waals surface area (Å²) in [5.41, 5.74) is 0. The van der Waals surface area contributed by atoms with Crippen molar-refractivity contribution in [3.63, 3.8) is 0 Å². The highest BCUT2D eigenvalue weighted by Crippen LogP contribution is 2.29. The van der Waals surface area contributed by atoms with Crippen molar-refractivity contribution in [1.29, 1.82) is 0 Å². The van der Waals surface area contributed by atoms with Crippen LogP contribution in [-0.2, 0) is 4.79 Å². The van der Waals surface area contributed by atoms with Crippen LogP contribution in [0.4, 0.5) is 0 Å². The number of carbonyl (C=O) groups is 1. The van der Waals surface area contributed by atoms with Gasteiger partial charge in [-0.15, -0.1) is 0 Å². The minimum Gasteiger partial charge on any atom is -0.359 e. The van der Waals surface area contributed by atoms with Crippen molar-refractivity contribution in [2.75, 3.05) is 19.8 Å². The Morgan fingerprint density at radius 1 is 1.38 bits per heavy atom. The third kappa shape index (κ3) is 5.21. The zero-order valence-corrected chi connectivity index (χ0v) is 12.0. The smallest absolute Gasteiger partial charge is 0.221 e. The van der Waals surface area contributed by atoms with Gasteiger partial charge < -0.3 is 10.6 Å². The number of carbonyl (C=O) groups excluding carboxylic acids is 1. The van der Waals surface area contributed by atoms with E-state index in [9.17, 15) is 4.79 Å². The summed E-state index contributed by atoms with van der Waals surface area (Å²) in [7, 11) is 1.68. The van der Waals surface area contributed by atoms with Gasteiger partial charge in [0.15, 0.2) is 0 Å². The van der Waals surface area contributed by atoms with Crippen LogP contribution in [0.1, 0.15) is 40.0 Å². The summed E-state index contributed by atoms with van der Waals surface area (Å²) in [6.45, 7) is 7.49. The SMILES string of the molecule is CCC(CC)(CNC(C)CC(=O)NC)SC. The summed E-state index contributed by atoms with van der Waals surface area (Å²) in [6.07, 6.45) is 5.03. The van der Waals surface area contributed by atoms with Gasteiger partial charge in [-0.1, -0.05) is 13.8 Å². The molecule has 0 spiro atoms. The fourth-order valence-corrected chi connectivity index (χ4v) is 2.48. The largest absolute Gasteiger partial charge is 0.359 e. The molecule has 16 heavy (non-hydrogen) atoms. The van der Waals surface area contributed by atoms with E-state index in [1.807, 2.05) is 11.8 Å². The van der Waals surface area contributed by atoms with Crippen molar-refractivity contribution in [1.82, 2.24) is 10.6 Å². The standard InChI is InChI=1S/C12H26N2OS/c1-6-12(7-2,16-5)9-14-10(3)8-11(15)13-4/h10,14H,6-9H2,1-5H3,(H,13,15). The molecule has 1 amide bonds. The number of thioether (sulfide) groups is 1. The number of nitrogens with one attached hydrogen (secondary N) is 2. The minimum atomic E-state index is 0.0998. The Morgan fingerprint density at radius 2 is 1.94 bits per heavy atom. The van der Waals surface area contributed by atoms with Crippen molar-refractivity contribution in [2.24, 2.45) is 0 Å². The Balaban J connectivity index is 4.05. The van der Waals surface area contributed by atoms with Crippen molar-refractivity contribution in [2.45, 2.75) is 50.8 Å². The third-order valence-electron chi connectivity index (χ3n) is 3.26. The molecule has 0 radical (unpaired) electrons. The number of hydrogen-bond donors (Lipinski definition) is 2. The Morgan fingerprint density at radius 3 is 2.31 bits per heavy atom. The maximum Gasteiger partial charge on any atom is 0.221 e. The molecule has 0 saturated heterocycles. The van der Waals surface area contributed by atoms with Gasteiger partial charge >= 0.3 is 0 Å². The van der Waals surface area contributed by atoms with E-state index >= 15 is 0 Å². The second kappa shape index (κ2) is 7.96. The first-order valence-corrected chi connectivity index (χ1v) is 7.25. The van der Waals surface area contributed by atoms with Crippen LogP contribution in [0.25, 0.3) is 0 Å². The van der Waals surface area contributed by atoms with Crippen LogP contribution in [0, 0.1) is 0 Å². The molecule has 0 aliphatic rings. The summed E-state index contributed by atoms with van der Waals surface area (Å²) in [6, 6.07) is 0.240. The summed E-state index contributed by atoms with van der Waals surface area (Å²) in [5.74, 6) is 0.0998. The topological polar surface area (TPSA) is 41.1 Å². The van der Waals surface area contributed by atoms with E-state index in [4.69, 9.17) is 0 Å². The van der Waals surface area contributed by atoms with Gasteiger partial charge in [0.1, 0.15) is 0 Å². The van der Waals surface area contributed by atoms with Crippen molar-refractivity contribution >= 4 is 17.7 Å². The van der Waals surface area contributed by atoms with E-state index in [2.05, 4.69) is 37.7 Å². The lowest BCUT2D eigenvalue weighted by Gasteiger charge is -2.31. The fraction of sp³-hybridized carbons (Fsp3) is 0.917. The number of rotatable bonds is 8. The van der Waals surface area contributed by atoms with Gasteiger partial charge in [-0.2, -0.15) is 11.8 Å². The zero-order chi connectivity index (χ0) is 12.6. The zero-order valence-electron chi connectivity index (χ0n) is 11.2. The van der Waals surface area contributed by atoms with Crippen LogP contribution in [0.15, 0.2) is 0 Å². The number of hydrogen-bond acceptors (Lipinski definition) is 3. The second-order valence-electron chi connectivity index (χ2n) is 4.25. The van der Waals surface area contributed by atoms with Gasteiger partial charge in [0.05, 0.1) is 0 Å². The quantitative estimate of drug-likeness (QED) is 0.688. The molecule has 0 heterocycles. The average Bonchev–Trinajstić information content (AvgIpc) is 2.31.